The molecule has 0 aliphatic heterocycles. The molecule has 1 aromatic carbocycles. The van der Waals surface area contributed by atoms with Crippen molar-refractivity contribution in [1.29, 1.82) is 0 Å². The second kappa shape index (κ2) is 6.12. The van der Waals surface area contributed by atoms with Crippen molar-refractivity contribution in [2.45, 2.75) is 39.8 Å². The summed E-state index contributed by atoms with van der Waals surface area (Å²) < 4.78 is 0. The van der Waals surface area contributed by atoms with Crippen molar-refractivity contribution in [2.24, 2.45) is 0 Å². The molecule has 1 aromatic rings. The molecular formula is C13H20ClNO. The summed E-state index contributed by atoms with van der Waals surface area (Å²) in [6.45, 7) is 8.15. The molecule has 0 saturated heterocycles. The van der Waals surface area contributed by atoms with E-state index in [-0.39, 0.29) is 5.75 Å². The first-order valence-electron chi connectivity index (χ1n) is 5.80. The van der Waals surface area contributed by atoms with Crippen LogP contribution in [-0.4, -0.2) is 22.6 Å². The van der Waals surface area contributed by atoms with Gasteiger partial charge in [-0.05, 0) is 32.0 Å². The summed E-state index contributed by atoms with van der Waals surface area (Å²) in [7, 11) is 0. The molecule has 1 N–H and O–H groups in total. The van der Waals surface area contributed by atoms with Crippen LogP contribution in [0.5, 0.6) is 5.75 Å². The lowest BCUT2D eigenvalue weighted by molar-refractivity contribution is 0.204. The minimum absolute atomic E-state index is 0.286. The molecule has 0 aliphatic rings. The number of nitrogens with zero attached hydrogens (tertiary/aromatic N) is 1. The van der Waals surface area contributed by atoms with Gasteiger partial charge in [0.1, 0.15) is 5.75 Å². The van der Waals surface area contributed by atoms with Crippen LogP contribution in [0.4, 0.5) is 0 Å². The monoisotopic (exact) mass is 241 g/mol. The highest BCUT2D eigenvalue weighted by atomic mass is 35.5. The van der Waals surface area contributed by atoms with E-state index >= 15 is 0 Å². The molecule has 3 heteroatoms. The van der Waals surface area contributed by atoms with Crippen LogP contribution in [0, 0.1) is 0 Å². The van der Waals surface area contributed by atoms with Gasteiger partial charge in [-0.15, -0.1) is 0 Å². The Morgan fingerprint density at radius 3 is 2.56 bits per heavy atom. The molecule has 1 rings (SSSR count). The van der Waals surface area contributed by atoms with Crippen LogP contribution in [0.15, 0.2) is 18.2 Å². The van der Waals surface area contributed by atoms with Gasteiger partial charge >= 0.3 is 0 Å². The summed E-state index contributed by atoms with van der Waals surface area (Å²) in [4.78, 5) is 2.31. The summed E-state index contributed by atoms with van der Waals surface area (Å²) in [6, 6.07) is 5.77. The summed E-state index contributed by atoms with van der Waals surface area (Å²) in [5.74, 6) is 0.286. The fourth-order valence-electron chi connectivity index (χ4n) is 1.74. The van der Waals surface area contributed by atoms with Gasteiger partial charge in [-0.3, -0.25) is 4.90 Å². The van der Waals surface area contributed by atoms with Crippen molar-refractivity contribution < 1.29 is 5.11 Å². The Labute approximate surface area is 103 Å². The van der Waals surface area contributed by atoms with Crippen molar-refractivity contribution in [3.63, 3.8) is 0 Å². The Bertz CT molecular complexity index is 320. The second-order valence-electron chi connectivity index (χ2n) is 4.06. The zero-order chi connectivity index (χ0) is 12.1. The second-order valence-corrected chi connectivity index (χ2v) is 4.47. The van der Waals surface area contributed by atoms with Crippen molar-refractivity contribution in [3.8, 4) is 5.75 Å². The van der Waals surface area contributed by atoms with Crippen LogP contribution in [0.2, 0.25) is 5.02 Å². The quantitative estimate of drug-likeness (QED) is 0.851. The average Bonchev–Trinajstić information content (AvgIpc) is 2.28. The van der Waals surface area contributed by atoms with Gasteiger partial charge in [-0.1, -0.05) is 31.5 Å². The maximum Gasteiger partial charge on any atom is 0.121 e. The first kappa shape index (κ1) is 13.3. The van der Waals surface area contributed by atoms with E-state index in [2.05, 4.69) is 25.7 Å². The van der Waals surface area contributed by atoms with Gasteiger partial charge in [0.15, 0.2) is 0 Å². The van der Waals surface area contributed by atoms with E-state index in [0.717, 1.165) is 18.5 Å². The van der Waals surface area contributed by atoms with Crippen molar-refractivity contribution in [1.82, 2.24) is 4.90 Å². The number of phenols is 1. The van der Waals surface area contributed by atoms with Crippen molar-refractivity contribution >= 4 is 11.6 Å². The largest absolute Gasteiger partial charge is 0.508 e. The predicted octanol–water partition coefficient (Wildman–Crippen LogP) is 3.67. The summed E-state index contributed by atoms with van der Waals surface area (Å²) in [5.41, 5.74) is 0.825. The van der Waals surface area contributed by atoms with Crippen LogP contribution < -0.4 is 0 Å². The molecular weight excluding hydrogens is 222 g/mol. The molecule has 2 nitrogen and oxygen atoms in total. The zero-order valence-corrected chi connectivity index (χ0v) is 11.0. The molecule has 0 saturated carbocycles. The van der Waals surface area contributed by atoms with Gasteiger partial charge in [-0.25, -0.2) is 0 Å². The molecule has 0 radical (unpaired) electrons. The normalized spacial score (nSPS) is 13.1. The third kappa shape index (κ3) is 3.13. The van der Waals surface area contributed by atoms with Crippen molar-refractivity contribution in [3.05, 3.63) is 28.8 Å². The molecule has 0 heterocycles. The van der Waals surface area contributed by atoms with Crippen molar-refractivity contribution in [2.75, 3.05) is 6.54 Å². The van der Waals surface area contributed by atoms with Gasteiger partial charge in [0, 0.05) is 23.2 Å². The van der Waals surface area contributed by atoms with Crippen LogP contribution >= 0.6 is 11.6 Å². The number of aromatic hydroxyl groups is 1. The van der Waals surface area contributed by atoms with E-state index in [1.807, 2.05) is 6.07 Å². The molecule has 0 spiro atoms. The summed E-state index contributed by atoms with van der Waals surface area (Å²) >= 11 is 6.09. The van der Waals surface area contributed by atoms with Gasteiger partial charge in [0.2, 0.25) is 0 Å². The minimum atomic E-state index is 0.286. The lowest BCUT2D eigenvalue weighted by atomic mass is 10.1. The van der Waals surface area contributed by atoms with E-state index in [0.29, 0.717) is 17.6 Å². The van der Waals surface area contributed by atoms with Crippen LogP contribution in [0.3, 0.4) is 0 Å². The molecule has 0 fully saturated rings. The number of phenolic OH excluding ortho intramolecular Hbond substituents is 1. The molecule has 16 heavy (non-hydrogen) atoms. The highest BCUT2D eigenvalue weighted by molar-refractivity contribution is 6.31. The third-order valence-corrected chi connectivity index (χ3v) is 3.43. The number of hydrogen-bond donors (Lipinski definition) is 1. The molecule has 0 bridgehead atoms. The van der Waals surface area contributed by atoms with Gasteiger partial charge < -0.3 is 5.11 Å². The molecule has 1 unspecified atom stereocenters. The number of rotatable bonds is 5. The Hall–Kier alpha value is -0.730. The average molecular weight is 242 g/mol. The van der Waals surface area contributed by atoms with E-state index in [9.17, 15) is 5.11 Å². The maximum atomic E-state index is 9.78. The Morgan fingerprint density at radius 1 is 1.38 bits per heavy atom. The molecule has 0 aromatic heterocycles. The highest BCUT2D eigenvalue weighted by Gasteiger charge is 2.14. The zero-order valence-electron chi connectivity index (χ0n) is 10.2. The number of hydrogen-bond acceptors (Lipinski definition) is 2. The van der Waals surface area contributed by atoms with E-state index in [4.69, 9.17) is 11.6 Å². The first-order chi connectivity index (χ1) is 7.60. The molecule has 0 amide bonds. The van der Waals surface area contributed by atoms with Gasteiger partial charge in [-0.2, -0.15) is 0 Å². The molecule has 90 valence electrons. The van der Waals surface area contributed by atoms with Gasteiger partial charge in [0.05, 0.1) is 0 Å². The lowest BCUT2D eigenvalue weighted by Crippen LogP contribution is -2.31. The number of benzene rings is 1. The Morgan fingerprint density at radius 2 is 2.06 bits per heavy atom. The number of halogens is 1. The maximum absolute atomic E-state index is 9.78. The third-order valence-electron chi connectivity index (χ3n) is 3.08. The lowest BCUT2D eigenvalue weighted by Gasteiger charge is -2.27. The summed E-state index contributed by atoms with van der Waals surface area (Å²) in [6.07, 6.45) is 1.10. The Kier molecular flexibility index (Phi) is 5.10. The van der Waals surface area contributed by atoms with Crippen LogP contribution in [-0.2, 0) is 6.54 Å². The van der Waals surface area contributed by atoms with Crippen LogP contribution in [0.1, 0.15) is 32.8 Å². The summed E-state index contributed by atoms with van der Waals surface area (Å²) in [5, 5.41) is 10.4. The fourth-order valence-corrected chi connectivity index (χ4v) is 1.97. The Balaban J connectivity index is 2.85. The highest BCUT2D eigenvalue weighted by Crippen LogP contribution is 2.27. The van der Waals surface area contributed by atoms with Gasteiger partial charge in [0.25, 0.3) is 0 Å². The smallest absolute Gasteiger partial charge is 0.121 e. The standard InChI is InChI=1S/C13H20ClNO/c1-4-10(3)15(5-2)9-11-12(14)7-6-8-13(11)16/h6-8,10,16H,4-5,9H2,1-3H3. The minimum Gasteiger partial charge on any atom is -0.508 e. The van der Waals surface area contributed by atoms with E-state index in [1.54, 1.807) is 12.1 Å². The predicted molar refractivity (Wildman–Crippen MR) is 69.0 cm³/mol. The molecule has 0 aliphatic carbocycles. The SMILES string of the molecule is CCC(C)N(CC)Cc1c(O)cccc1Cl. The topological polar surface area (TPSA) is 23.5 Å². The van der Waals surface area contributed by atoms with E-state index < -0.39 is 0 Å². The molecule has 1 atom stereocenters. The first-order valence-corrected chi connectivity index (χ1v) is 6.18. The fraction of sp³-hybridized carbons (Fsp3) is 0.538. The van der Waals surface area contributed by atoms with Crippen LogP contribution in [0.25, 0.3) is 0 Å². The van der Waals surface area contributed by atoms with E-state index in [1.165, 1.54) is 0 Å².